The molecule has 1 amide bonds. The third-order valence-electron chi connectivity index (χ3n) is 5.02. The highest BCUT2D eigenvalue weighted by molar-refractivity contribution is 14.0. The molecule has 6 nitrogen and oxygen atoms in total. The van der Waals surface area contributed by atoms with Crippen LogP contribution >= 0.6 is 35.3 Å². The second kappa shape index (κ2) is 12.9. The monoisotopic (exact) mass is 541 g/mol. The fraction of sp³-hybridized carbons (Fsp3) is 0.500. The maximum Gasteiger partial charge on any atom is 0.227 e. The van der Waals surface area contributed by atoms with Gasteiger partial charge in [0.25, 0.3) is 0 Å². The molecule has 0 radical (unpaired) electrons. The van der Waals surface area contributed by atoms with Crippen LogP contribution in [0.15, 0.2) is 34.6 Å². The highest BCUT2D eigenvalue weighted by Gasteiger charge is 2.22. The number of aromatic nitrogens is 1. The van der Waals surface area contributed by atoms with Crippen molar-refractivity contribution in [2.45, 2.75) is 52.5 Å². The summed E-state index contributed by atoms with van der Waals surface area (Å²) in [5, 5.41) is 12.9. The van der Waals surface area contributed by atoms with Crippen molar-refractivity contribution in [1.82, 2.24) is 15.6 Å². The Morgan fingerprint density at radius 2 is 2.07 bits per heavy atom. The Kier molecular flexibility index (Phi) is 10.6. The minimum Gasteiger partial charge on any atom is -0.357 e. The molecule has 3 rings (SSSR count). The molecule has 0 spiro atoms. The number of nitrogens with one attached hydrogen (secondary N) is 3. The summed E-state index contributed by atoms with van der Waals surface area (Å²) in [5.41, 5.74) is 3.04. The summed E-state index contributed by atoms with van der Waals surface area (Å²) < 4.78 is 0. The van der Waals surface area contributed by atoms with Crippen LogP contribution in [0.2, 0.25) is 0 Å². The number of carbonyl (C=O) groups excluding carboxylic acids is 1. The number of guanidine groups is 1. The molecule has 164 valence electrons. The first kappa shape index (κ1) is 24.6. The van der Waals surface area contributed by atoms with E-state index in [4.69, 9.17) is 0 Å². The highest BCUT2D eigenvalue weighted by Crippen LogP contribution is 2.26. The minimum absolute atomic E-state index is 0. The van der Waals surface area contributed by atoms with Gasteiger partial charge in [0.2, 0.25) is 5.91 Å². The van der Waals surface area contributed by atoms with Gasteiger partial charge in [-0.2, -0.15) is 0 Å². The number of nitrogens with zero attached hydrogens (tertiary/aromatic N) is 2. The Morgan fingerprint density at radius 1 is 1.27 bits per heavy atom. The van der Waals surface area contributed by atoms with Gasteiger partial charge in [-0.05, 0) is 44.4 Å². The van der Waals surface area contributed by atoms with E-state index in [1.54, 1.807) is 11.3 Å². The predicted molar refractivity (Wildman–Crippen MR) is 136 cm³/mol. The van der Waals surface area contributed by atoms with E-state index in [1.165, 1.54) is 0 Å². The number of halogens is 1. The summed E-state index contributed by atoms with van der Waals surface area (Å²) in [7, 11) is 0. The van der Waals surface area contributed by atoms with E-state index in [0.717, 1.165) is 73.1 Å². The number of thiazole rings is 1. The maximum atomic E-state index is 12.4. The Bertz CT molecular complexity index is 832. The van der Waals surface area contributed by atoms with Crippen LogP contribution in [0.1, 0.15) is 48.9 Å². The second-order valence-electron chi connectivity index (χ2n) is 7.40. The van der Waals surface area contributed by atoms with Crippen molar-refractivity contribution in [3.63, 3.8) is 0 Å². The van der Waals surface area contributed by atoms with E-state index in [1.807, 2.05) is 31.2 Å². The van der Waals surface area contributed by atoms with Crippen molar-refractivity contribution in [2.24, 2.45) is 10.9 Å². The number of amides is 1. The summed E-state index contributed by atoms with van der Waals surface area (Å²) in [4.78, 5) is 21.5. The van der Waals surface area contributed by atoms with E-state index < -0.39 is 0 Å². The molecule has 0 saturated heterocycles. The zero-order valence-corrected chi connectivity index (χ0v) is 20.9. The van der Waals surface area contributed by atoms with Crippen LogP contribution in [0.3, 0.4) is 0 Å². The van der Waals surface area contributed by atoms with Crippen molar-refractivity contribution >= 4 is 52.9 Å². The number of rotatable bonds is 8. The van der Waals surface area contributed by atoms with Gasteiger partial charge in [0.05, 0.1) is 17.2 Å². The van der Waals surface area contributed by atoms with Crippen LogP contribution in [-0.4, -0.2) is 29.9 Å². The van der Waals surface area contributed by atoms with Gasteiger partial charge < -0.3 is 16.0 Å². The van der Waals surface area contributed by atoms with Gasteiger partial charge in [-0.25, -0.2) is 9.98 Å². The van der Waals surface area contributed by atoms with E-state index in [2.05, 4.69) is 38.2 Å². The first-order valence-corrected chi connectivity index (χ1v) is 11.3. The summed E-state index contributed by atoms with van der Waals surface area (Å²) in [6.07, 6.45) is 5.21. The smallest absolute Gasteiger partial charge is 0.227 e. The molecule has 2 aromatic rings. The molecule has 0 unspecified atom stereocenters. The molecular weight excluding hydrogens is 509 g/mol. The average molecular weight is 542 g/mol. The third kappa shape index (κ3) is 7.86. The molecule has 8 heteroatoms. The molecule has 1 aromatic heterocycles. The van der Waals surface area contributed by atoms with E-state index in [9.17, 15) is 4.79 Å². The number of aliphatic imine (C=N–C) groups is 1. The van der Waals surface area contributed by atoms with E-state index >= 15 is 0 Å². The van der Waals surface area contributed by atoms with E-state index in [0.29, 0.717) is 6.54 Å². The molecule has 1 heterocycles. The molecule has 1 aliphatic rings. The molecule has 1 saturated carbocycles. The maximum absolute atomic E-state index is 12.4. The van der Waals surface area contributed by atoms with Crippen molar-refractivity contribution in [1.29, 1.82) is 0 Å². The number of benzene rings is 1. The van der Waals surface area contributed by atoms with Gasteiger partial charge in [-0.15, -0.1) is 35.3 Å². The fourth-order valence-electron chi connectivity index (χ4n) is 3.52. The van der Waals surface area contributed by atoms with Crippen LogP contribution in [0.25, 0.3) is 0 Å². The number of hydrogen-bond acceptors (Lipinski definition) is 4. The molecule has 30 heavy (non-hydrogen) atoms. The second-order valence-corrected chi connectivity index (χ2v) is 8.46. The zero-order chi connectivity index (χ0) is 20.5. The average Bonchev–Trinajstić information content (AvgIpc) is 3.38. The quantitative estimate of drug-likeness (QED) is 0.262. The Balaban J connectivity index is 0.00000320. The first-order valence-electron chi connectivity index (χ1n) is 10.5. The summed E-state index contributed by atoms with van der Waals surface area (Å²) >= 11 is 1.68. The summed E-state index contributed by atoms with van der Waals surface area (Å²) in [6.45, 7) is 6.22. The molecule has 0 aliphatic heterocycles. The molecule has 3 N–H and O–H groups in total. The summed E-state index contributed by atoms with van der Waals surface area (Å²) in [5.74, 6) is 1.11. The molecule has 0 bridgehead atoms. The molecule has 1 aliphatic carbocycles. The SMILES string of the molecule is CCNC(=NCc1cccc(NC(=O)C2CCCC2)c1)NCCc1csc(C)n1.I. The van der Waals surface area contributed by atoms with Gasteiger partial charge in [0.1, 0.15) is 0 Å². The largest absolute Gasteiger partial charge is 0.357 e. The number of carbonyl (C=O) groups is 1. The van der Waals surface area contributed by atoms with Crippen molar-refractivity contribution in [3.8, 4) is 0 Å². The lowest BCUT2D eigenvalue weighted by atomic mass is 10.1. The van der Waals surface area contributed by atoms with Gasteiger partial charge in [-0.3, -0.25) is 4.79 Å². The molecule has 1 aromatic carbocycles. The molecule has 1 fully saturated rings. The topological polar surface area (TPSA) is 78.4 Å². The minimum atomic E-state index is 0. The number of aryl methyl sites for hydroxylation is 1. The lowest BCUT2D eigenvalue weighted by Gasteiger charge is -2.12. The summed E-state index contributed by atoms with van der Waals surface area (Å²) in [6, 6.07) is 7.97. The van der Waals surface area contributed by atoms with Crippen LogP contribution in [0.5, 0.6) is 0 Å². The van der Waals surface area contributed by atoms with Crippen LogP contribution in [0.4, 0.5) is 5.69 Å². The standard InChI is InChI=1S/C22H31N5OS.HI/c1-3-23-22(24-12-11-20-15-29-16(2)26-20)25-14-17-7-6-10-19(13-17)27-21(28)18-8-4-5-9-18;/h6-7,10,13,15,18H,3-5,8-9,11-12,14H2,1-2H3,(H,27,28)(H2,23,24,25);1H. The van der Waals surface area contributed by atoms with Crippen molar-refractivity contribution < 1.29 is 4.79 Å². The van der Waals surface area contributed by atoms with Crippen LogP contribution < -0.4 is 16.0 Å². The highest BCUT2D eigenvalue weighted by atomic mass is 127. The zero-order valence-electron chi connectivity index (χ0n) is 17.7. The Labute approximate surface area is 200 Å². The fourth-order valence-corrected chi connectivity index (χ4v) is 4.17. The van der Waals surface area contributed by atoms with E-state index in [-0.39, 0.29) is 35.8 Å². The lowest BCUT2D eigenvalue weighted by molar-refractivity contribution is -0.119. The van der Waals surface area contributed by atoms with Gasteiger partial charge >= 0.3 is 0 Å². The predicted octanol–water partition coefficient (Wildman–Crippen LogP) is 4.50. The normalized spacial score (nSPS) is 14.3. The van der Waals surface area contributed by atoms with Gasteiger partial charge in [0.15, 0.2) is 5.96 Å². The first-order chi connectivity index (χ1) is 14.1. The molecular formula is C22H32IN5OS. The van der Waals surface area contributed by atoms with Crippen molar-refractivity contribution in [3.05, 3.63) is 45.9 Å². The van der Waals surface area contributed by atoms with Crippen LogP contribution in [-0.2, 0) is 17.8 Å². The lowest BCUT2D eigenvalue weighted by Crippen LogP contribution is -2.38. The molecule has 0 atom stereocenters. The van der Waals surface area contributed by atoms with Crippen molar-refractivity contribution in [2.75, 3.05) is 18.4 Å². The van der Waals surface area contributed by atoms with Gasteiger partial charge in [-0.1, -0.05) is 25.0 Å². The van der Waals surface area contributed by atoms with Gasteiger partial charge in [0, 0.05) is 36.5 Å². The third-order valence-corrected chi connectivity index (χ3v) is 5.85. The Morgan fingerprint density at radius 3 is 2.77 bits per heavy atom. The number of hydrogen-bond donors (Lipinski definition) is 3. The number of anilines is 1. The van der Waals surface area contributed by atoms with Crippen LogP contribution in [0, 0.1) is 12.8 Å². The Hall–Kier alpha value is -1.68.